The molecule has 0 bridgehead atoms. The molecule has 0 aliphatic rings. The van der Waals surface area contributed by atoms with Gasteiger partial charge < -0.3 is 9.47 Å². The van der Waals surface area contributed by atoms with Gasteiger partial charge in [0.15, 0.2) is 0 Å². The van der Waals surface area contributed by atoms with Crippen LogP contribution in [0.1, 0.15) is 165 Å². The molecule has 0 aromatic heterocycles. The number of esters is 2. The summed E-state index contributed by atoms with van der Waals surface area (Å²) in [5, 5.41) is 0. The summed E-state index contributed by atoms with van der Waals surface area (Å²) in [6, 6.07) is 0. The van der Waals surface area contributed by atoms with Crippen molar-refractivity contribution in [2.24, 2.45) is 34.5 Å². The van der Waals surface area contributed by atoms with Gasteiger partial charge in [0.2, 0.25) is 0 Å². The number of hydrogen-bond acceptors (Lipinski definition) is 4. The highest BCUT2D eigenvalue weighted by atomic mass is 16.6. The van der Waals surface area contributed by atoms with Crippen molar-refractivity contribution >= 4 is 11.9 Å². The van der Waals surface area contributed by atoms with Crippen molar-refractivity contribution in [3.05, 3.63) is 24.3 Å². The van der Waals surface area contributed by atoms with E-state index in [1.807, 2.05) is 0 Å². The van der Waals surface area contributed by atoms with Gasteiger partial charge in [0, 0.05) is 11.1 Å². The van der Waals surface area contributed by atoms with Gasteiger partial charge >= 0.3 is 11.9 Å². The third-order valence-corrected chi connectivity index (χ3v) is 2.88. The summed E-state index contributed by atoms with van der Waals surface area (Å²) >= 11 is 0. The second kappa shape index (κ2) is 35.6. The predicted molar refractivity (Wildman–Crippen MR) is 193 cm³/mol. The quantitative estimate of drug-likeness (QED) is 0.165. The Labute approximate surface area is 267 Å². The monoisotopic (exact) mass is 603 g/mol. The van der Waals surface area contributed by atoms with E-state index < -0.39 is 11.9 Å². The van der Waals surface area contributed by atoms with Gasteiger partial charge in [-0.25, -0.2) is 9.59 Å². The van der Waals surface area contributed by atoms with E-state index in [-0.39, 0.29) is 13.2 Å². The fourth-order valence-corrected chi connectivity index (χ4v) is 0.515. The lowest BCUT2D eigenvalue weighted by molar-refractivity contribution is -0.147. The first-order valence-electron chi connectivity index (χ1n) is 16.1. The third-order valence-electron chi connectivity index (χ3n) is 2.88. The van der Waals surface area contributed by atoms with Crippen LogP contribution in [0.2, 0.25) is 0 Å². The molecule has 0 aliphatic heterocycles. The van der Waals surface area contributed by atoms with Gasteiger partial charge in [0.1, 0.15) is 13.2 Å². The molecular formula is C38H82O4. The van der Waals surface area contributed by atoms with Crippen LogP contribution >= 0.6 is 0 Å². The fourth-order valence-electron chi connectivity index (χ4n) is 0.515. The largest absolute Gasteiger partial charge is 0.459 e. The van der Waals surface area contributed by atoms with E-state index in [0.717, 1.165) is 23.7 Å². The number of hydrogen-bond donors (Lipinski definition) is 0. The summed E-state index contributed by atoms with van der Waals surface area (Å²) in [6.45, 7) is 53.7. The molecule has 0 aliphatic carbocycles. The third kappa shape index (κ3) is 177. The summed E-state index contributed by atoms with van der Waals surface area (Å²) in [5.41, 5.74) is 1.63. The van der Waals surface area contributed by atoms with Gasteiger partial charge in [-0.05, 0) is 48.3 Å². The van der Waals surface area contributed by atoms with Crippen molar-refractivity contribution in [2.45, 2.75) is 165 Å². The molecule has 0 saturated carbocycles. The second-order valence-corrected chi connectivity index (χ2v) is 15.9. The van der Waals surface area contributed by atoms with Gasteiger partial charge in [-0.3, -0.25) is 0 Å². The molecule has 4 heteroatoms. The Bertz CT molecular complexity index is 526. The highest BCUT2D eigenvalue weighted by molar-refractivity contribution is 5.87. The highest BCUT2D eigenvalue weighted by Gasteiger charge is 2.05. The molecule has 0 spiro atoms. The van der Waals surface area contributed by atoms with Crippen LogP contribution in [0, 0.1) is 34.5 Å². The van der Waals surface area contributed by atoms with E-state index in [1.165, 1.54) is 12.8 Å². The zero-order valence-electron chi connectivity index (χ0n) is 33.2. The smallest absolute Gasteiger partial charge is 0.333 e. The minimum atomic E-state index is -0.489. The molecule has 258 valence electrons. The first-order valence-corrected chi connectivity index (χ1v) is 16.1. The van der Waals surface area contributed by atoms with Crippen molar-refractivity contribution in [3.63, 3.8) is 0 Å². The zero-order chi connectivity index (χ0) is 35.9. The molecule has 0 saturated heterocycles. The molecule has 0 aromatic rings. The van der Waals surface area contributed by atoms with Crippen LogP contribution in [-0.2, 0) is 19.1 Å². The zero-order valence-corrected chi connectivity index (χ0v) is 33.2. The molecule has 42 heavy (non-hydrogen) atoms. The van der Waals surface area contributed by atoms with Crippen molar-refractivity contribution in [1.29, 1.82) is 0 Å². The first-order chi connectivity index (χ1) is 18.5. The van der Waals surface area contributed by atoms with Gasteiger partial charge in [-0.15, -0.1) is 0 Å². The van der Waals surface area contributed by atoms with Crippen molar-refractivity contribution in [3.8, 4) is 0 Å². The van der Waals surface area contributed by atoms with Gasteiger partial charge in [-0.2, -0.15) is 0 Å². The average Bonchev–Trinajstić information content (AvgIpc) is 2.73. The Balaban J connectivity index is -0.0000000738. The molecule has 0 rings (SSSR count). The molecule has 0 heterocycles. The van der Waals surface area contributed by atoms with Crippen LogP contribution in [-0.4, -0.2) is 25.2 Å². The van der Waals surface area contributed by atoms with Gasteiger partial charge in [0.25, 0.3) is 0 Å². The van der Waals surface area contributed by atoms with E-state index >= 15 is 0 Å². The average molecular weight is 603 g/mol. The first kappa shape index (κ1) is 56.2. The van der Waals surface area contributed by atoms with Gasteiger partial charge in [-0.1, -0.05) is 164 Å². The summed E-state index contributed by atoms with van der Waals surface area (Å²) in [6.07, 6.45) is 2.61. The normalized spacial score (nSPS) is 9.86. The van der Waals surface area contributed by atoms with Crippen LogP contribution in [0.5, 0.6) is 0 Å². The van der Waals surface area contributed by atoms with Crippen molar-refractivity contribution in [1.82, 2.24) is 0 Å². The molecule has 0 atom stereocenters. The second-order valence-electron chi connectivity index (χ2n) is 15.9. The van der Waals surface area contributed by atoms with E-state index in [4.69, 9.17) is 0 Å². The van der Waals surface area contributed by atoms with E-state index in [1.54, 1.807) is 13.8 Å². The molecule has 4 nitrogen and oxygen atoms in total. The molecular weight excluding hydrogens is 520 g/mol. The Morgan fingerprint density at radius 3 is 0.714 bits per heavy atom. The Hall–Kier alpha value is -1.58. The summed E-state index contributed by atoms with van der Waals surface area (Å²) in [5.74, 6) is 2.46. The van der Waals surface area contributed by atoms with Crippen LogP contribution in [0.25, 0.3) is 0 Å². The summed E-state index contributed by atoms with van der Waals surface area (Å²) in [4.78, 5) is 21.7. The number of carbonyl (C=O) groups is 2. The predicted octanol–water partition coefficient (Wildman–Crippen LogP) is 12.8. The molecule has 0 radical (unpaired) electrons. The topological polar surface area (TPSA) is 52.6 Å². The number of carbonyl (C=O) groups excluding carboxylic acids is 2. The van der Waals surface area contributed by atoms with E-state index in [0.29, 0.717) is 22.0 Å². The Morgan fingerprint density at radius 1 is 0.524 bits per heavy atom. The highest BCUT2D eigenvalue weighted by Crippen LogP contribution is 2.08. The maximum Gasteiger partial charge on any atom is 0.333 e. The molecule has 0 N–H and O–H groups in total. The fraction of sp³-hybridized carbons (Fsp3) is 0.842. The number of ether oxygens (including phenoxy) is 2. The van der Waals surface area contributed by atoms with Crippen LogP contribution in [0.15, 0.2) is 24.3 Å². The lowest BCUT2D eigenvalue weighted by Crippen LogP contribution is -2.14. The van der Waals surface area contributed by atoms with Crippen LogP contribution in [0.4, 0.5) is 0 Å². The molecule has 0 amide bonds. The summed E-state index contributed by atoms with van der Waals surface area (Å²) in [7, 11) is 0. The minimum absolute atomic E-state index is 0.0325. The maximum absolute atomic E-state index is 10.8. The van der Waals surface area contributed by atoms with Gasteiger partial charge in [0.05, 0.1) is 0 Å². The lowest BCUT2D eigenvalue weighted by Gasteiger charge is -2.05. The van der Waals surface area contributed by atoms with Crippen molar-refractivity contribution < 1.29 is 19.1 Å². The van der Waals surface area contributed by atoms with Crippen LogP contribution < -0.4 is 0 Å². The van der Waals surface area contributed by atoms with E-state index in [9.17, 15) is 9.59 Å². The van der Waals surface area contributed by atoms with Crippen LogP contribution in [0.3, 0.4) is 0 Å². The van der Waals surface area contributed by atoms with E-state index in [2.05, 4.69) is 161 Å². The maximum atomic E-state index is 10.8. The number of rotatable bonds is 7. The Kier molecular flexibility index (Phi) is 47.7. The lowest BCUT2D eigenvalue weighted by atomic mass is 10.0. The molecule has 0 fully saturated rings. The summed E-state index contributed by atoms with van der Waals surface area (Å²) < 4.78 is 9.38. The SMILES string of the molecule is C=C(C)C(=O)OCCOC(=O)C(=C)C.CC(C)(C)C.CC(C)(C)C.CC(C)C.CC(C)C.CCC(C)C.CCC(C)C. The standard InChI is InChI=1S/C10H14O4.4C5H12.2C4H10/c1-7(2)9(11)13-5-6-14-10(12)8(3)4;2*1-5(2,3)4;2*1-4-5(2)3;2*1-4(2)3/h1,3,5-6H2,2,4H3;2*1-4H3;2*5H,4H2,1-3H3;2*4H,1-3H3. The Morgan fingerprint density at radius 2 is 0.643 bits per heavy atom. The molecule has 0 aromatic carbocycles. The van der Waals surface area contributed by atoms with Crippen molar-refractivity contribution in [2.75, 3.05) is 13.2 Å². The molecule has 0 unspecified atom stereocenters. The minimum Gasteiger partial charge on any atom is -0.459 e.